The van der Waals surface area contributed by atoms with Crippen LogP contribution >= 0.6 is 0 Å². The predicted molar refractivity (Wildman–Crippen MR) is 56.6 cm³/mol. The van der Waals surface area contributed by atoms with Gasteiger partial charge in [-0.25, -0.2) is 4.98 Å². The summed E-state index contributed by atoms with van der Waals surface area (Å²) in [6.07, 6.45) is 4.47. The molecule has 2 aromatic heterocycles. The van der Waals surface area contributed by atoms with E-state index in [9.17, 15) is 0 Å². The lowest BCUT2D eigenvalue weighted by atomic mass is 10.3. The summed E-state index contributed by atoms with van der Waals surface area (Å²) in [6.45, 7) is 1.82. The Hall–Kier alpha value is -1.62. The quantitative estimate of drug-likeness (QED) is 0.742. The third-order valence-electron chi connectivity index (χ3n) is 2.79. The summed E-state index contributed by atoms with van der Waals surface area (Å²) in [6, 6.07) is 2.07. The van der Waals surface area contributed by atoms with Crippen LogP contribution in [0, 0.1) is 0 Å². The van der Waals surface area contributed by atoms with Crippen LogP contribution in [0.3, 0.4) is 0 Å². The lowest BCUT2D eigenvalue weighted by molar-refractivity contribution is 0.456. The van der Waals surface area contributed by atoms with E-state index in [-0.39, 0.29) is 6.04 Å². The number of hydrogen-bond acceptors (Lipinski definition) is 5. The number of nitrogens with two attached hydrogens (primary N) is 1. The van der Waals surface area contributed by atoms with Crippen LogP contribution in [-0.2, 0) is 0 Å². The van der Waals surface area contributed by atoms with Crippen LogP contribution in [0.25, 0.3) is 11.0 Å². The highest BCUT2D eigenvalue weighted by Gasteiger charge is 2.22. The van der Waals surface area contributed by atoms with Crippen molar-refractivity contribution in [1.82, 2.24) is 10.1 Å². The Morgan fingerprint density at radius 2 is 2.47 bits per heavy atom. The molecule has 1 aliphatic rings. The summed E-state index contributed by atoms with van der Waals surface area (Å²) in [7, 11) is 0. The topological polar surface area (TPSA) is 68.2 Å². The summed E-state index contributed by atoms with van der Waals surface area (Å²) in [4.78, 5) is 6.55. The Morgan fingerprint density at radius 3 is 3.27 bits per heavy atom. The van der Waals surface area contributed by atoms with Crippen LogP contribution in [-0.4, -0.2) is 29.3 Å². The van der Waals surface area contributed by atoms with E-state index in [0.29, 0.717) is 0 Å². The molecule has 5 nitrogen and oxygen atoms in total. The maximum absolute atomic E-state index is 5.87. The summed E-state index contributed by atoms with van der Waals surface area (Å²) in [5.41, 5.74) is 6.65. The van der Waals surface area contributed by atoms with Crippen LogP contribution in [0.4, 0.5) is 5.82 Å². The van der Waals surface area contributed by atoms with E-state index in [1.54, 1.807) is 12.4 Å². The van der Waals surface area contributed by atoms with Crippen LogP contribution in [0.5, 0.6) is 0 Å². The van der Waals surface area contributed by atoms with Gasteiger partial charge < -0.3 is 15.2 Å². The molecule has 5 heteroatoms. The fourth-order valence-corrected chi connectivity index (χ4v) is 2.01. The molecule has 1 unspecified atom stereocenters. The van der Waals surface area contributed by atoms with Crippen LogP contribution in [0.2, 0.25) is 0 Å². The molecule has 2 N–H and O–H groups in total. The number of aromatic nitrogens is 2. The number of fused-ring (bicyclic) bond motifs is 1. The number of nitrogens with zero attached hydrogens (tertiary/aromatic N) is 3. The molecule has 3 rings (SSSR count). The molecule has 1 aliphatic heterocycles. The van der Waals surface area contributed by atoms with E-state index in [4.69, 9.17) is 10.3 Å². The van der Waals surface area contributed by atoms with Gasteiger partial charge in [-0.2, -0.15) is 0 Å². The monoisotopic (exact) mass is 204 g/mol. The number of anilines is 1. The van der Waals surface area contributed by atoms with Crippen molar-refractivity contribution in [2.45, 2.75) is 12.5 Å². The average molecular weight is 204 g/mol. The first kappa shape index (κ1) is 8.67. The SMILES string of the molecule is NC1CCN(c2nccc3oncc23)C1. The average Bonchev–Trinajstić information content (AvgIpc) is 2.84. The van der Waals surface area contributed by atoms with Crippen molar-refractivity contribution in [2.75, 3.05) is 18.0 Å². The van der Waals surface area contributed by atoms with Crippen molar-refractivity contribution in [2.24, 2.45) is 5.73 Å². The number of hydrogen-bond donors (Lipinski definition) is 1. The van der Waals surface area contributed by atoms with E-state index in [2.05, 4.69) is 15.0 Å². The summed E-state index contributed by atoms with van der Waals surface area (Å²) in [5.74, 6) is 0.932. The first-order chi connectivity index (χ1) is 7.34. The van der Waals surface area contributed by atoms with Gasteiger partial charge in [-0.05, 0) is 6.42 Å². The summed E-state index contributed by atoms with van der Waals surface area (Å²) in [5, 5.41) is 4.74. The van der Waals surface area contributed by atoms with Gasteiger partial charge in [0.1, 0.15) is 5.82 Å². The van der Waals surface area contributed by atoms with Gasteiger partial charge in [0.25, 0.3) is 0 Å². The second-order valence-electron chi connectivity index (χ2n) is 3.87. The van der Waals surface area contributed by atoms with Crippen molar-refractivity contribution < 1.29 is 4.52 Å². The zero-order chi connectivity index (χ0) is 10.3. The molecule has 1 atom stereocenters. The molecule has 0 aliphatic carbocycles. The lowest BCUT2D eigenvalue weighted by Gasteiger charge is -2.16. The fourth-order valence-electron chi connectivity index (χ4n) is 2.01. The smallest absolute Gasteiger partial charge is 0.172 e. The van der Waals surface area contributed by atoms with Crippen molar-refractivity contribution >= 4 is 16.8 Å². The van der Waals surface area contributed by atoms with Gasteiger partial charge in [-0.15, -0.1) is 0 Å². The molecule has 3 heterocycles. The Balaban J connectivity index is 2.06. The number of rotatable bonds is 1. The van der Waals surface area contributed by atoms with Crippen molar-refractivity contribution in [1.29, 1.82) is 0 Å². The molecule has 1 fully saturated rings. The highest BCUT2D eigenvalue weighted by molar-refractivity contribution is 5.87. The van der Waals surface area contributed by atoms with Crippen molar-refractivity contribution in [3.63, 3.8) is 0 Å². The Labute approximate surface area is 86.9 Å². The van der Waals surface area contributed by atoms with Gasteiger partial charge in [-0.3, -0.25) is 0 Å². The van der Waals surface area contributed by atoms with Gasteiger partial charge in [0.2, 0.25) is 0 Å². The molecule has 15 heavy (non-hydrogen) atoms. The standard InChI is InChI=1S/C10H12N4O/c11-7-2-4-14(6-7)10-8-5-13-15-9(8)1-3-12-10/h1,3,5,7H,2,4,6,11H2. The maximum Gasteiger partial charge on any atom is 0.172 e. The molecule has 0 aromatic carbocycles. The van der Waals surface area contributed by atoms with Crippen molar-refractivity contribution in [3.8, 4) is 0 Å². The number of pyridine rings is 1. The third-order valence-corrected chi connectivity index (χ3v) is 2.79. The first-order valence-electron chi connectivity index (χ1n) is 5.04. The van der Waals surface area contributed by atoms with Crippen LogP contribution < -0.4 is 10.6 Å². The zero-order valence-electron chi connectivity index (χ0n) is 8.26. The van der Waals surface area contributed by atoms with E-state index < -0.39 is 0 Å². The Bertz CT molecular complexity index is 481. The van der Waals surface area contributed by atoms with E-state index in [1.807, 2.05) is 6.07 Å². The maximum atomic E-state index is 5.87. The second-order valence-corrected chi connectivity index (χ2v) is 3.87. The molecule has 0 spiro atoms. The van der Waals surface area contributed by atoms with Gasteiger partial charge in [-0.1, -0.05) is 5.16 Å². The predicted octanol–water partition coefficient (Wildman–Crippen LogP) is 0.760. The summed E-state index contributed by atoms with van der Waals surface area (Å²) < 4.78 is 5.10. The molecule has 0 amide bonds. The molecule has 0 radical (unpaired) electrons. The van der Waals surface area contributed by atoms with Crippen LogP contribution in [0.1, 0.15) is 6.42 Å². The van der Waals surface area contributed by atoms with E-state index in [0.717, 1.165) is 36.3 Å². The molecule has 0 saturated carbocycles. The lowest BCUT2D eigenvalue weighted by Crippen LogP contribution is -2.26. The van der Waals surface area contributed by atoms with Gasteiger partial charge in [0.05, 0.1) is 11.6 Å². The van der Waals surface area contributed by atoms with Crippen molar-refractivity contribution in [3.05, 3.63) is 18.5 Å². The normalized spacial score (nSPS) is 21.4. The Kier molecular flexibility index (Phi) is 1.85. The van der Waals surface area contributed by atoms with Gasteiger partial charge in [0, 0.05) is 31.4 Å². The fraction of sp³-hybridized carbons (Fsp3) is 0.400. The highest BCUT2D eigenvalue weighted by atomic mass is 16.5. The van der Waals surface area contributed by atoms with E-state index >= 15 is 0 Å². The minimum Gasteiger partial charge on any atom is -0.356 e. The van der Waals surface area contributed by atoms with E-state index in [1.165, 1.54) is 0 Å². The summed E-state index contributed by atoms with van der Waals surface area (Å²) >= 11 is 0. The first-order valence-corrected chi connectivity index (χ1v) is 5.04. The molecule has 2 aromatic rings. The minimum atomic E-state index is 0.252. The zero-order valence-corrected chi connectivity index (χ0v) is 8.26. The van der Waals surface area contributed by atoms with Crippen LogP contribution in [0.15, 0.2) is 23.0 Å². The third kappa shape index (κ3) is 1.35. The highest BCUT2D eigenvalue weighted by Crippen LogP contribution is 2.26. The molecule has 78 valence electrons. The Morgan fingerprint density at radius 1 is 1.53 bits per heavy atom. The van der Waals surface area contributed by atoms with Gasteiger partial charge >= 0.3 is 0 Å². The minimum absolute atomic E-state index is 0.252. The second kappa shape index (κ2) is 3.20. The molecular formula is C10H12N4O. The van der Waals surface area contributed by atoms with Gasteiger partial charge in [0.15, 0.2) is 5.58 Å². The molecular weight excluding hydrogens is 192 g/mol. The molecule has 0 bridgehead atoms. The molecule has 1 saturated heterocycles. The largest absolute Gasteiger partial charge is 0.356 e.